The second-order valence-electron chi connectivity index (χ2n) is 5.20. The third-order valence-corrected chi connectivity index (χ3v) is 3.35. The average Bonchev–Trinajstić information content (AvgIpc) is 2.95. The number of fused-ring (bicyclic) bond motifs is 1. The van der Waals surface area contributed by atoms with Crippen molar-refractivity contribution in [2.75, 3.05) is 0 Å². The molecule has 0 fully saturated rings. The number of hydrogen-bond acceptors (Lipinski definition) is 3. The minimum atomic E-state index is -1.01. The molecular formula is C16H15N3O2. The molecule has 0 saturated heterocycles. The molecule has 106 valence electrons. The van der Waals surface area contributed by atoms with E-state index in [1.807, 2.05) is 44.2 Å². The number of para-hydroxylation sites is 1. The molecule has 0 atom stereocenters. The summed E-state index contributed by atoms with van der Waals surface area (Å²) in [6.07, 6.45) is 1.75. The van der Waals surface area contributed by atoms with Gasteiger partial charge in [0.25, 0.3) is 0 Å². The Morgan fingerprint density at radius 1 is 1.24 bits per heavy atom. The molecule has 0 saturated carbocycles. The Morgan fingerprint density at radius 2 is 2.00 bits per heavy atom. The van der Waals surface area contributed by atoms with E-state index < -0.39 is 5.97 Å². The molecule has 0 unspecified atom stereocenters. The van der Waals surface area contributed by atoms with Crippen LogP contribution in [0.2, 0.25) is 0 Å². The number of nitrogens with zero attached hydrogens (tertiary/aromatic N) is 3. The topological polar surface area (TPSA) is 68.0 Å². The highest BCUT2D eigenvalue weighted by Crippen LogP contribution is 2.21. The van der Waals surface area contributed by atoms with Crippen LogP contribution < -0.4 is 0 Å². The van der Waals surface area contributed by atoms with Gasteiger partial charge in [-0.05, 0) is 24.1 Å². The zero-order chi connectivity index (χ0) is 15.0. The summed E-state index contributed by atoms with van der Waals surface area (Å²) in [5.41, 5.74) is 1.80. The van der Waals surface area contributed by atoms with Gasteiger partial charge in [0.1, 0.15) is 5.56 Å². The lowest BCUT2D eigenvalue weighted by molar-refractivity contribution is 0.0696. The van der Waals surface area contributed by atoms with Gasteiger partial charge in [0, 0.05) is 11.6 Å². The Bertz CT molecular complexity index is 821. The minimum absolute atomic E-state index is 0.145. The van der Waals surface area contributed by atoms with Crippen LogP contribution in [0.1, 0.15) is 35.8 Å². The Hall–Kier alpha value is -2.69. The van der Waals surface area contributed by atoms with E-state index in [1.54, 1.807) is 12.3 Å². The molecule has 0 aliphatic carbocycles. The van der Waals surface area contributed by atoms with Gasteiger partial charge in [-0.25, -0.2) is 14.5 Å². The van der Waals surface area contributed by atoms with Crippen LogP contribution in [0, 0.1) is 0 Å². The Balaban J connectivity index is 2.23. The summed E-state index contributed by atoms with van der Waals surface area (Å²) in [6.45, 7) is 4.08. The zero-order valence-corrected chi connectivity index (χ0v) is 11.8. The third kappa shape index (κ3) is 2.38. The van der Waals surface area contributed by atoms with Crippen molar-refractivity contribution < 1.29 is 9.90 Å². The van der Waals surface area contributed by atoms with Gasteiger partial charge < -0.3 is 5.11 Å². The van der Waals surface area contributed by atoms with Gasteiger partial charge in [0.15, 0.2) is 5.82 Å². The predicted octanol–water partition coefficient (Wildman–Crippen LogP) is 3.24. The lowest BCUT2D eigenvalue weighted by Crippen LogP contribution is -2.09. The van der Waals surface area contributed by atoms with Gasteiger partial charge in [-0.2, -0.15) is 5.10 Å². The molecule has 1 N–H and O–H groups in total. The normalized spacial score (nSPS) is 11.2. The van der Waals surface area contributed by atoms with E-state index in [4.69, 9.17) is 0 Å². The quantitative estimate of drug-likeness (QED) is 0.800. The summed E-state index contributed by atoms with van der Waals surface area (Å²) in [7, 11) is 0. The lowest BCUT2D eigenvalue weighted by Gasteiger charge is -2.08. The Kier molecular flexibility index (Phi) is 3.17. The summed E-state index contributed by atoms with van der Waals surface area (Å²) in [5.74, 6) is -0.391. The van der Waals surface area contributed by atoms with Gasteiger partial charge in [-0.3, -0.25) is 0 Å². The fourth-order valence-electron chi connectivity index (χ4n) is 2.20. The molecule has 0 spiro atoms. The van der Waals surface area contributed by atoms with Crippen molar-refractivity contribution in [2.24, 2.45) is 0 Å². The summed E-state index contributed by atoms with van der Waals surface area (Å²) >= 11 is 0. The average molecular weight is 281 g/mol. The summed E-state index contributed by atoms with van der Waals surface area (Å²) < 4.78 is 1.53. The van der Waals surface area contributed by atoms with Gasteiger partial charge in [0.2, 0.25) is 0 Å². The third-order valence-electron chi connectivity index (χ3n) is 3.35. The summed E-state index contributed by atoms with van der Waals surface area (Å²) in [4.78, 5) is 16.0. The van der Waals surface area contributed by atoms with E-state index in [0.29, 0.717) is 5.82 Å². The highest BCUT2D eigenvalue weighted by molar-refractivity contribution is 5.96. The fourth-order valence-corrected chi connectivity index (χ4v) is 2.20. The number of hydrogen-bond donors (Lipinski definition) is 1. The van der Waals surface area contributed by atoms with Gasteiger partial charge in [-0.15, -0.1) is 0 Å². The molecule has 0 radical (unpaired) electrons. The maximum atomic E-state index is 11.5. The molecule has 3 rings (SSSR count). The smallest absolute Gasteiger partial charge is 0.339 e. The molecule has 3 aromatic rings. The van der Waals surface area contributed by atoms with Crippen molar-refractivity contribution in [3.8, 4) is 5.82 Å². The number of rotatable bonds is 3. The maximum absolute atomic E-state index is 11.5. The monoisotopic (exact) mass is 281 g/mol. The van der Waals surface area contributed by atoms with Crippen LogP contribution in [0.5, 0.6) is 0 Å². The Labute approximate surface area is 121 Å². The first-order chi connectivity index (χ1) is 10.1. The van der Waals surface area contributed by atoms with E-state index in [-0.39, 0.29) is 11.5 Å². The maximum Gasteiger partial charge on any atom is 0.339 e. The number of pyridine rings is 1. The molecule has 0 amide bonds. The highest BCUT2D eigenvalue weighted by atomic mass is 16.4. The van der Waals surface area contributed by atoms with Crippen molar-refractivity contribution >= 4 is 16.9 Å². The number of carboxylic acid groups (broad SMARTS) is 1. The van der Waals surface area contributed by atoms with E-state index >= 15 is 0 Å². The largest absolute Gasteiger partial charge is 0.478 e. The first-order valence-corrected chi connectivity index (χ1v) is 6.75. The van der Waals surface area contributed by atoms with Crippen LogP contribution in [0.3, 0.4) is 0 Å². The van der Waals surface area contributed by atoms with Gasteiger partial charge in [0.05, 0.1) is 11.2 Å². The predicted molar refractivity (Wildman–Crippen MR) is 79.9 cm³/mol. The SMILES string of the molecule is CC(C)c1ccn(-c2nc3ccccc3cc2C(=O)O)n1. The minimum Gasteiger partial charge on any atom is -0.478 e. The molecule has 1 aromatic carbocycles. The first-order valence-electron chi connectivity index (χ1n) is 6.75. The second-order valence-corrected chi connectivity index (χ2v) is 5.20. The number of carboxylic acids is 1. The van der Waals surface area contributed by atoms with Crippen molar-refractivity contribution in [1.82, 2.24) is 14.8 Å². The number of benzene rings is 1. The van der Waals surface area contributed by atoms with Crippen molar-refractivity contribution in [3.05, 3.63) is 53.9 Å². The van der Waals surface area contributed by atoms with Crippen molar-refractivity contribution in [3.63, 3.8) is 0 Å². The van der Waals surface area contributed by atoms with Crippen LogP contribution in [0.4, 0.5) is 0 Å². The molecule has 5 nitrogen and oxygen atoms in total. The second kappa shape index (κ2) is 5.01. The van der Waals surface area contributed by atoms with E-state index in [2.05, 4.69) is 10.1 Å². The number of aromatic carboxylic acids is 1. The van der Waals surface area contributed by atoms with E-state index in [0.717, 1.165) is 16.6 Å². The van der Waals surface area contributed by atoms with Crippen molar-refractivity contribution in [1.29, 1.82) is 0 Å². The summed E-state index contributed by atoms with van der Waals surface area (Å²) in [6, 6.07) is 11.0. The molecule has 0 aliphatic heterocycles. The van der Waals surface area contributed by atoms with Crippen LogP contribution in [0.25, 0.3) is 16.7 Å². The molecule has 0 bridgehead atoms. The van der Waals surface area contributed by atoms with Gasteiger partial charge in [-0.1, -0.05) is 32.0 Å². The lowest BCUT2D eigenvalue weighted by atomic mass is 10.1. The number of aromatic nitrogens is 3. The zero-order valence-electron chi connectivity index (χ0n) is 11.8. The van der Waals surface area contributed by atoms with Crippen LogP contribution in [-0.2, 0) is 0 Å². The molecule has 5 heteroatoms. The molecule has 0 aliphatic rings. The highest BCUT2D eigenvalue weighted by Gasteiger charge is 2.16. The molecule has 2 aromatic heterocycles. The molecular weight excluding hydrogens is 266 g/mol. The Morgan fingerprint density at radius 3 is 2.67 bits per heavy atom. The summed E-state index contributed by atoms with van der Waals surface area (Å²) in [5, 5.41) is 14.6. The standard InChI is InChI=1S/C16H15N3O2/c1-10(2)13-7-8-19(18-13)15-12(16(20)21)9-11-5-3-4-6-14(11)17-15/h3-10H,1-2H3,(H,20,21). The van der Waals surface area contributed by atoms with E-state index in [9.17, 15) is 9.90 Å². The van der Waals surface area contributed by atoms with Gasteiger partial charge >= 0.3 is 5.97 Å². The molecule has 2 heterocycles. The fraction of sp³-hybridized carbons (Fsp3) is 0.188. The number of carbonyl (C=O) groups is 1. The van der Waals surface area contributed by atoms with E-state index in [1.165, 1.54) is 4.68 Å². The molecule has 21 heavy (non-hydrogen) atoms. The van der Waals surface area contributed by atoms with Crippen molar-refractivity contribution in [2.45, 2.75) is 19.8 Å². The first kappa shape index (κ1) is 13.3. The van der Waals surface area contributed by atoms with Crippen LogP contribution in [0.15, 0.2) is 42.6 Å². The van der Waals surface area contributed by atoms with Crippen LogP contribution >= 0.6 is 0 Å². The van der Waals surface area contributed by atoms with Crippen LogP contribution in [-0.4, -0.2) is 25.8 Å².